The average molecular weight is 342 g/mol. The zero-order valence-corrected chi connectivity index (χ0v) is 14.7. The Kier molecular flexibility index (Phi) is 4.24. The van der Waals surface area contributed by atoms with Crippen LogP contribution in [0.5, 0.6) is 0 Å². The summed E-state index contributed by atoms with van der Waals surface area (Å²) >= 11 is 0. The summed E-state index contributed by atoms with van der Waals surface area (Å²) < 4.78 is 7.38. The van der Waals surface area contributed by atoms with Crippen molar-refractivity contribution in [2.24, 2.45) is 5.73 Å². The van der Waals surface area contributed by atoms with Crippen LogP contribution in [-0.2, 0) is 17.8 Å². The first-order valence-electron chi connectivity index (χ1n) is 8.19. The molecule has 0 aliphatic carbocycles. The van der Waals surface area contributed by atoms with Crippen molar-refractivity contribution in [2.75, 3.05) is 6.54 Å². The normalized spacial score (nSPS) is 14.1. The Bertz CT molecular complexity index is 806. The number of rotatable bonds is 2. The van der Waals surface area contributed by atoms with Crippen LogP contribution in [0.3, 0.4) is 0 Å². The van der Waals surface area contributed by atoms with Crippen LogP contribution in [0.2, 0.25) is 0 Å². The van der Waals surface area contributed by atoms with Crippen molar-refractivity contribution >= 4 is 12.0 Å². The molecule has 2 amide bonds. The van der Waals surface area contributed by atoms with E-state index in [1.807, 2.05) is 55.7 Å². The van der Waals surface area contributed by atoms with E-state index in [1.165, 1.54) is 0 Å². The van der Waals surface area contributed by atoms with Gasteiger partial charge in [0, 0.05) is 18.7 Å². The molecule has 25 heavy (non-hydrogen) atoms. The molecule has 2 aromatic rings. The number of fused-ring (bicyclic) bond motifs is 1. The number of nitrogens with two attached hydrogens (primary N) is 1. The van der Waals surface area contributed by atoms with E-state index < -0.39 is 17.6 Å². The number of carbonyl (C=O) groups is 2. The van der Waals surface area contributed by atoms with Gasteiger partial charge in [0.1, 0.15) is 11.4 Å². The number of amides is 2. The molecular formula is C18H22N4O3. The zero-order valence-electron chi connectivity index (χ0n) is 14.7. The molecular weight excluding hydrogens is 320 g/mol. The fourth-order valence-corrected chi connectivity index (χ4v) is 2.86. The van der Waals surface area contributed by atoms with Gasteiger partial charge in [-0.05, 0) is 20.8 Å². The summed E-state index contributed by atoms with van der Waals surface area (Å²) in [7, 11) is 0. The predicted molar refractivity (Wildman–Crippen MR) is 92.8 cm³/mol. The number of benzene rings is 1. The van der Waals surface area contributed by atoms with E-state index in [2.05, 4.69) is 4.98 Å². The minimum atomic E-state index is -0.600. The van der Waals surface area contributed by atoms with Gasteiger partial charge in [-0.25, -0.2) is 9.78 Å². The largest absolute Gasteiger partial charge is 0.444 e. The second-order valence-electron chi connectivity index (χ2n) is 7.01. The van der Waals surface area contributed by atoms with E-state index in [0.717, 1.165) is 5.56 Å². The van der Waals surface area contributed by atoms with Crippen LogP contribution in [0, 0.1) is 0 Å². The molecule has 7 heteroatoms. The molecule has 0 spiro atoms. The van der Waals surface area contributed by atoms with Gasteiger partial charge in [0.2, 0.25) is 0 Å². The second-order valence-corrected chi connectivity index (χ2v) is 7.01. The lowest BCUT2D eigenvalue weighted by Crippen LogP contribution is -2.42. The molecule has 0 bridgehead atoms. The zero-order chi connectivity index (χ0) is 18.2. The fourth-order valence-electron chi connectivity index (χ4n) is 2.86. The summed E-state index contributed by atoms with van der Waals surface area (Å²) in [5, 5.41) is 0. The monoisotopic (exact) mass is 342 g/mol. The number of hydrogen-bond donors (Lipinski definition) is 1. The maximum absolute atomic E-state index is 12.3. The highest BCUT2D eigenvalue weighted by Gasteiger charge is 2.31. The Morgan fingerprint density at radius 1 is 1.16 bits per heavy atom. The molecule has 1 aromatic heterocycles. The van der Waals surface area contributed by atoms with Crippen LogP contribution in [0.15, 0.2) is 30.3 Å². The molecule has 2 heterocycles. The number of aromatic nitrogens is 2. The van der Waals surface area contributed by atoms with Gasteiger partial charge in [0.05, 0.1) is 12.2 Å². The number of imidazole rings is 1. The highest BCUT2D eigenvalue weighted by molar-refractivity contribution is 5.93. The van der Waals surface area contributed by atoms with Gasteiger partial charge < -0.3 is 19.9 Å². The van der Waals surface area contributed by atoms with Gasteiger partial charge >= 0.3 is 6.09 Å². The Morgan fingerprint density at radius 3 is 2.44 bits per heavy atom. The number of hydrogen-bond acceptors (Lipinski definition) is 4. The number of carbonyl (C=O) groups excluding carboxylic acids is 2. The van der Waals surface area contributed by atoms with Crippen molar-refractivity contribution in [3.63, 3.8) is 0 Å². The van der Waals surface area contributed by atoms with Crippen molar-refractivity contribution in [3.8, 4) is 11.4 Å². The molecule has 0 unspecified atom stereocenters. The third-order valence-corrected chi connectivity index (χ3v) is 3.92. The number of ether oxygens (including phenoxy) is 1. The van der Waals surface area contributed by atoms with Crippen molar-refractivity contribution in [1.29, 1.82) is 0 Å². The first-order valence-corrected chi connectivity index (χ1v) is 8.19. The maximum Gasteiger partial charge on any atom is 0.410 e. The summed E-state index contributed by atoms with van der Waals surface area (Å²) in [6.45, 7) is 6.72. The van der Waals surface area contributed by atoms with E-state index in [-0.39, 0.29) is 12.2 Å². The summed E-state index contributed by atoms with van der Waals surface area (Å²) in [6, 6.07) is 9.61. The van der Waals surface area contributed by atoms with Crippen LogP contribution in [0.25, 0.3) is 11.4 Å². The molecule has 1 aliphatic rings. The van der Waals surface area contributed by atoms with Gasteiger partial charge in [0.25, 0.3) is 5.91 Å². The first-order chi connectivity index (χ1) is 11.8. The van der Waals surface area contributed by atoms with E-state index in [9.17, 15) is 9.59 Å². The number of primary amides is 1. The lowest BCUT2D eigenvalue weighted by molar-refractivity contribution is 0.0198. The van der Waals surface area contributed by atoms with Crippen molar-refractivity contribution in [2.45, 2.75) is 39.5 Å². The summed E-state index contributed by atoms with van der Waals surface area (Å²) in [5.74, 6) is 0.0882. The Hall–Kier alpha value is -2.83. The smallest absolute Gasteiger partial charge is 0.410 e. The molecule has 0 radical (unpaired) electrons. The molecule has 7 nitrogen and oxygen atoms in total. The molecule has 0 atom stereocenters. The van der Waals surface area contributed by atoms with Crippen molar-refractivity contribution < 1.29 is 14.3 Å². The molecule has 0 saturated heterocycles. The predicted octanol–water partition coefficient (Wildman–Crippen LogP) is 2.40. The van der Waals surface area contributed by atoms with Gasteiger partial charge in [0.15, 0.2) is 5.69 Å². The lowest BCUT2D eigenvalue weighted by atomic mass is 10.2. The minimum Gasteiger partial charge on any atom is -0.444 e. The maximum atomic E-state index is 12.3. The molecule has 1 aliphatic heterocycles. The molecule has 3 rings (SSSR count). The van der Waals surface area contributed by atoms with Crippen LogP contribution in [-0.4, -0.2) is 38.6 Å². The molecule has 0 saturated carbocycles. The molecule has 2 N–H and O–H groups in total. The van der Waals surface area contributed by atoms with Gasteiger partial charge in [-0.2, -0.15) is 0 Å². The van der Waals surface area contributed by atoms with Gasteiger partial charge in [-0.3, -0.25) is 4.79 Å². The Balaban J connectivity index is 1.95. The molecule has 1 aromatic carbocycles. The first kappa shape index (κ1) is 17.0. The SMILES string of the molecule is CC(C)(C)OC(=O)N1CCn2c(-c3ccccc3)nc(C(N)=O)c2C1. The van der Waals surface area contributed by atoms with Crippen LogP contribution in [0.1, 0.15) is 37.0 Å². The third-order valence-electron chi connectivity index (χ3n) is 3.92. The Morgan fingerprint density at radius 2 is 1.84 bits per heavy atom. The van der Waals surface area contributed by atoms with Gasteiger partial charge in [-0.1, -0.05) is 30.3 Å². The van der Waals surface area contributed by atoms with E-state index in [4.69, 9.17) is 10.5 Å². The molecule has 132 valence electrons. The van der Waals surface area contributed by atoms with E-state index >= 15 is 0 Å². The van der Waals surface area contributed by atoms with Gasteiger partial charge in [-0.15, -0.1) is 0 Å². The van der Waals surface area contributed by atoms with E-state index in [1.54, 1.807) is 4.90 Å². The van der Waals surface area contributed by atoms with Crippen LogP contribution >= 0.6 is 0 Å². The van der Waals surface area contributed by atoms with Crippen molar-refractivity contribution in [1.82, 2.24) is 14.5 Å². The van der Waals surface area contributed by atoms with Crippen LogP contribution in [0.4, 0.5) is 4.79 Å². The quantitative estimate of drug-likeness (QED) is 0.907. The topological polar surface area (TPSA) is 90.4 Å². The highest BCUT2D eigenvalue weighted by atomic mass is 16.6. The second kappa shape index (κ2) is 6.23. The summed E-state index contributed by atoms with van der Waals surface area (Å²) in [6.07, 6.45) is -0.406. The van der Waals surface area contributed by atoms with Crippen molar-refractivity contribution in [3.05, 3.63) is 41.7 Å². The standard InChI is InChI=1S/C18H22N4O3/c1-18(2,3)25-17(24)21-9-10-22-13(11-21)14(15(19)23)20-16(22)12-7-5-4-6-8-12/h4-8H,9-11H2,1-3H3,(H2,19,23). The van der Waals surface area contributed by atoms with Crippen LogP contribution < -0.4 is 5.73 Å². The summed E-state index contributed by atoms with van der Waals surface area (Å²) in [5.41, 5.74) is 6.68. The lowest BCUT2D eigenvalue weighted by Gasteiger charge is -2.31. The third kappa shape index (κ3) is 3.50. The molecule has 0 fully saturated rings. The summed E-state index contributed by atoms with van der Waals surface area (Å²) in [4.78, 5) is 30.2. The highest BCUT2D eigenvalue weighted by Crippen LogP contribution is 2.27. The average Bonchev–Trinajstić information content (AvgIpc) is 2.93. The fraction of sp³-hybridized carbons (Fsp3) is 0.389. The number of nitrogens with zero attached hydrogens (tertiary/aromatic N) is 3. The Labute approximate surface area is 146 Å². The minimum absolute atomic E-state index is 0.201. The van der Waals surface area contributed by atoms with E-state index in [0.29, 0.717) is 24.6 Å².